The highest BCUT2D eigenvalue weighted by atomic mass is 16.8. The van der Waals surface area contributed by atoms with Crippen molar-refractivity contribution in [1.82, 2.24) is 10.6 Å². The van der Waals surface area contributed by atoms with Gasteiger partial charge in [0.2, 0.25) is 11.8 Å². The van der Waals surface area contributed by atoms with E-state index in [0.717, 1.165) is 13.8 Å². The highest BCUT2D eigenvalue weighted by molar-refractivity contribution is 5.73. The first-order valence-electron chi connectivity index (χ1n) is 19.5. The fourth-order valence-electron chi connectivity index (χ4n) is 7.76. The summed E-state index contributed by atoms with van der Waals surface area (Å²) in [5.74, 6) is -1.52. The summed E-state index contributed by atoms with van der Waals surface area (Å²) >= 11 is 0. The zero-order valence-electron chi connectivity index (χ0n) is 33.0. The Morgan fingerprint density at radius 3 is 1.41 bits per heavy atom. The number of carbonyl (C=O) groups is 2. The molecule has 0 bridgehead atoms. The molecule has 0 aliphatic carbocycles. The van der Waals surface area contributed by atoms with E-state index >= 15 is 0 Å². The summed E-state index contributed by atoms with van der Waals surface area (Å²) in [5.41, 5.74) is 0. The molecule has 27 nitrogen and oxygen atoms in total. The summed E-state index contributed by atoms with van der Waals surface area (Å²) in [6.07, 6.45) is -41.1. The molecule has 5 rings (SSSR count). The molecular formula is C34H58N2O25. The summed E-state index contributed by atoms with van der Waals surface area (Å²) in [5, 5.41) is 153. The molecule has 5 saturated heterocycles. The predicted molar refractivity (Wildman–Crippen MR) is 188 cm³/mol. The van der Waals surface area contributed by atoms with Crippen LogP contribution in [0.5, 0.6) is 0 Å². The lowest BCUT2D eigenvalue weighted by Gasteiger charge is -2.50. The molecule has 2 amide bonds. The third kappa shape index (κ3) is 10.8. The Kier molecular flexibility index (Phi) is 17.5. The summed E-state index contributed by atoms with van der Waals surface area (Å²) in [6, 6.07) is -3.20. The molecule has 5 fully saturated rings. The molecule has 0 aromatic heterocycles. The monoisotopic (exact) mass is 894 g/mol. The lowest BCUT2D eigenvalue weighted by Crippen LogP contribution is -2.70. The average Bonchev–Trinajstić information content (AvgIpc) is 3.22. The van der Waals surface area contributed by atoms with E-state index in [2.05, 4.69) is 10.6 Å². The maximum Gasteiger partial charge on any atom is 0.217 e. The summed E-state index contributed by atoms with van der Waals surface area (Å²) in [6.45, 7) is -0.233. The van der Waals surface area contributed by atoms with Crippen molar-refractivity contribution in [2.45, 2.75) is 174 Å². The van der Waals surface area contributed by atoms with Crippen molar-refractivity contribution >= 4 is 11.8 Å². The number of hydrogen-bond acceptors (Lipinski definition) is 25. The van der Waals surface area contributed by atoms with Gasteiger partial charge in [0.1, 0.15) is 116 Å². The Balaban J connectivity index is 1.41. The minimum absolute atomic E-state index is 0.704. The van der Waals surface area contributed by atoms with Gasteiger partial charge in [0.05, 0.1) is 32.5 Å². The molecule has 61 heavy (non-hydrogen) atoms. The van der Waals surface area contributed by atoms with E-state index in [-0.39, 0.29) is 0 Å². The third-order valence-electron chi connectivity index (χ3n) is 11.1. The van der Waals surface area contributed by atoms with E-state index in [4.69, 9.17) is 42.6 Å². The Labute approximate surface area is 346 Å². The van der Waals surface area contributed by atoms with Crippen molar-refractivity contribution in [2.75, 3.05) is 26.4 Å². The maximum atomic E-state index is 12.6. The van der Waals surface area contributed by atoms with Gasteiger partial charge in [0, 0.05) is 13.8 Å². The smallest absolute Gasteiger partial charge is 0.217 e. The Hall–Kier alpha value is -1.98. The van der Waals surface area contributed by atoms with Crippen LogP contribution < -0.4 is 10.6 Å². The molecule has 5 heterocycles. The Morgan fingerprint density at radius 1 is 0.426 bits per heavy atom. The van der Waals surface area contributed by atoms with Crippen molar-refractivity contribution in [2.24, 2.45) is 0 Å². The number of aliphatic hydroxyl groups excluding tert-OH is 14. The first kappa shape index (κ1) is 50.0. The van der Waals surface area contributed by atoms with Crippen LogP contribution in [-0.2, 0) is 52.2 Å². The van der Waals surface area contributed by atoms with Crippen LogP contribution in [0.25, 0.3) is 0 Å². The van der Waals surface area contributed by atoms with Gasteiger partial charge in [-0.15, -0.1) is 0 Å². The van der Waals surface area contributed by atoms with Gasteiger partial charge in [0.25, 0.3) is 0 Å². The van der Waals surface area contributed by atoms with Gasteiger partial charge < -0.3 is 125 Å². The molecule has 0 aromatic carbocycles. The van der Waals surface area contributed by atoms with Crippen molar-refractivity contribution < 1.29 is 124 Å². The molecule has 0 saturated carbocycles. The summed E-state index contributed by atoms with van der Waals surface area (Å²) in [7, 11) is 0. The number of aliphatic hydroxyl groups is 14. The van der Waals surface area contributed by atoms with Crippen LogP contribution in [0.1, 0.15) is 20.8 Å². The van der Waals surface area contributed by atoms with E-state index < -0.39 is 192 Å². The van der Waals surface area contributed by atoms with Crippen molar-refractivity contribution in [1.29, 1.82) is 0 Å². The molecular weight excluding hydrogens is 836 g/mol. The zero-order valence-corrected chi connectivity index (χ0v) is 33.0. The molecule has 0 radical (unpaired) electrons. The molecule has 27 heteroatoms. The molecule has 0 aromatic rings. The van der Waals surface area contributed by atoms with Gasteiger partial charge in [-0.25, -0.2) is 0 Å². The third-order valence-corrected chi connectivity index (χ3v) is 11.1. The molecule has 0 spiro atoms. The van der Waals surface area contributed by atoms with Gasteiger partial charge in [-0.3, -0.25) is 9.59 Å². The summed E-state index contributed by atoms with van der Waals surface area (Å²) < 4.78 is 51.3. The number of ether oxygens (including phenoxy) is 9. The standard InChI is InChI=1S/C34H58N2O25/c1-8-17(43)21(47)24(50)32(53-8)61-29-22(48)18(44)11(4-37)56-34(29)60-28-16(36-10(3)42)31(55-13(6-39)20(28)46)58-26-14(7-40)57-33(25(51)23(26)49)59-27-15(35-9(2)41)30(52)54-12(5-38)19(27)45/h8,11-34,37-40,43-52H,4-7H2,1-3H3,(H,35,41)(H,36,42)/t8-,11+,12+,13+,14+,15+,16+,17+,18-,19-,20-,21+,22-,23+,24-,25+,26-,27+,28+,29+,30-,31+,32-,33-,34-/m0/s1. The van der Waals surface area contributed by atoms with Gasteiger partial charge >= 0.3 is 0 Å². The van der Waals surface area contributed by atoms with E-state index in [1.807, 2.05) is 0 Å². The molecule has 5 aliphatic rings. The van der Waals surface area contributed by atoms with Crippen LogP contribution in [0.3, 0.4) is 0 Å². The number of rotatable bonds is 14. The Bertz CT molecular complexity index is 1420. The van der Waals surface area contributed by atoms with Crippen LogP contribution in [0.4, 0.5) is 0 Å². The molecule has 25 atom stereocenters. The van der Waals surface area contributed by atoms with Crippen molar-refractivity contribution in [3.8, 4) is 0 Å². The van der Waals surface area contributed by atoms with E-state index in [9.17, 15) is 81.1 Å². The predicted octanol–water partition coefficient (Wildman–Crippen LogP) is -10.6. The van der Waals surface area contributed by atoms with Crippen LogP contribution in [0.2, 0.25) is 0 Å². The fourth-order valence-corrected chi connectivity index (χ4v) is 7.76. The van der Waals surface area contributed by atoms with Crippen molar-refractivity contribution in [3.05, 3.63) is 0 Å². The average molecular weight is 895 g/mol. The second kappa shape index (κ2) is 21.3. The Morgan fingerprint density at radius 2 is 0.836 bits per heavy atom. The van der Waals surface area contributed by atoms with E-state index in [1.54, 1.807) is 0 Å². The molecule has 354 valence electrons. The number of amides is 2. The van der Waals surface area contributed by atoms with Gasteiger partial charge in [-0.1, -0.05) is 0 Å². The van der Waals surface area contributed by atoms with Crippen molar-refractivity contribution in [3.63, 3.8) is 0 Å². The van der Waals surface area contributed by atoms with Gasteiger partial charge in [-0.05, 0) is 6.92 Å². The first-order chi connectivity index (χ1) is 28.8. The summed E-state index contributed by atoms with van der Waals surface area (Å²) in [4.78, 5) is 24.5. The van der Waals surface area contributed by atoms with Crippen LogP contribution in [0, 0.1) is 0 Å². The molecule has 0 unspecified atom stereocenters. The fraction of sp³-hybridized carbons (Fsp3) is 0.941. The molecule has 16 N–H and O–H groups in total. The quantitative estimate of drug-likeness (QED) is 0.0770. The largest absolute Gasteiger partial charge is 0.394 e. The lowest BCUT2D eigenvalue weighted by molar-refractivity contribution is -0.388. The number of hydrogen-bond donors (Lipinski definition) is 16. The second-order valence-corrected chi connectivity index (χ2v) is 15.4. The number of nitrogens with one attached hydrogen (secondary N) is 2. The maximum absolute atomic E-state index is 12.6. The zero-order chi connectivity index (χ0) is 45.2. The second-order valence-electron chi connectivity index (χ2n) is 15.4. The lowest BCUT2D eigenvalue weighted by atomic mass is 9.94. The first-order valence-corrected chi connectivity index (χ1v) is 19.5. The minimum atomic E-state index is -2.11. The highest BCUT2D eigenvalue weighted by Crippen LogP contribution is 2.36. The number of carbonyl (C=O) groups excluding carboxylic acids is 2. The minimum Gasteiger partial charge on any atom is -0.394 e. The van der Waals surface area contributed by atoms with Gasteiger partial charge in [0.15, 0.2) is 31.5 Å². The van der Waals surface area contributed by atoms with Crippen LogP contribution in [-0.4, -0.2) is 263 Å². The van der Waals surface area contributed by atoms with Crippen LogP contribution in [0.15, 0.2) is 0 Å². The normalized spacial score (nSPS) is 49.6. The SMILES string of the molecule is CC(=O)N[C@@H]1[C@@H](O[C@@H]2O[C@H](CO)[C@H](O[C@H]3O[C@H](CO)[C@H](O)[C@H](O[C@@H]4O[C@H](CO)[C@H](O)[C@H](O)[C@H]4O[C@@H]4O[C@@H](C)[C@@H](O)[C@@H](O)[C@@H]4O)[C@H]3NC(C)=O)[C@H](O)[C@H]2O)[C@@H](O)[C@@H](CO)O[C@@H]1O. The van der Waals surface area contributed by atoms with Crippen LogP contribution >= 0.6 is 0 Å². The topological polar surface area (TPSA) is 424 Å². The van der Waals surface area contributed by atoms with Gasteiger partial charge in [-0.2, -0.15) is 0 Å². The van der Waals surface area contributed by atoms with E-state index in [0.29, 0.717) is 0 Å². The highest BCUT2D eigenvalue weighted by Gasteiger charge is 2.57. The van der Waals surface area contributed by atoms with E-state index in [1.165, 1.54) is 6.92 Å². The molecule has 5 aliphatic heterocycles.